The lowest BCUT2D eigenvalue weighted by atomic mass is 9.82. The summed E-state index contributed by atoms with van der Waals surface area (Å²) in [7, 11) is 0. The van der Waals surface area contributed by atoms with Gasteiger partial charge in [-0.05, 0) is 24.3 Å². The molecular formula is C12H27N. The number of unbranched alkanes of at least 4 members (excludes halogenated alkanes) is 2. The first-order chi connectivity index (χ1) is 6.13. The quantitative estimate of drug-likeness (QED) is 0.604. The van der Waals surface area contributed by atoms with Crippen LogP contribution in [-0.2, 0) is 0 Å². The van der Waals surface area contributed by atoms with Crippen LogP contribution in [0.4, 0.5) is 0 Å². The molecule has 0 fully saturated rings. The minimum absolute atomic E-state index is 0.677. The third-order valence-corrected chi connectivity index (χ3v) is 3.43. The van der Waals surface area contributed by atoms with Gasteiger partial charge in [-0.1, -0.05) is 53.4 Å². The molecule has 2 N–H and O–H groups in total. The van der Waals surface area contributed by atoms with Gasteiger partial charge >= 0.3 is 0 Å². The number of hydrogen-bond donors (Lipinski definition) is 1. The number of rotatable bonds is 7. The van der Waals surface area contributed by atoms with Crippen LogP contribution in [0.5, 0.6) is 0 Å². The van der Waals surface area contributed by atoms with Gasteiger partial charge in [0.15, 0.2) is 0 Å². The summed E-state index contributed by atoms with van der Waals surface area (Å²) in [6.07, 6.45) is 5.47. The number of nitrogens with two attached hydrogens (primary N) is 1. The lowest BCUT2D eigenvalue weighted by Crippen LogP contribution is -2.23. The first kappa shape index (κ1) is 13.0. The average molecular weight is 185 g/mol. The fourth-order valence-corrected chi connectivity index (χ4v) is 1.75. The van der Waals surface area contributed by atoms with E-state index in [4.69, 9.17) is 5.73 Å². The van der Waals surface area contributed by atoms with Gasteiger partial charge in [-0.3, -0.25) is 0 Å². The van der Waals surface area contributed by atoms with Crippen LogP contribution < -0.4 is 5.73 Å². The second-order valence-corrected chi connectivity index (χ2v) is 4.55. The van der Waals surface area contributed by atoms with E-state index in [9.17, 15) is 0 Å². The highest BCUT2D eigenvalue weighted by Crippen LogP contribution is 2.24. The van der Waals surface area contributed by atoms with Crippen LogP contribution in [0.1, 0.15) is 53.4 Å². The highest BCUT2D eigenvalue weighted by molar-refractivity contribution is 4.68. The molecule has 0 amide bonds. The van der Waals surface area contributed by atoms with Gasteiger partial charge in [0, 0.05) is 0 Å². The van der Waals surface area contributed by atoms with Gasteiger partial charge in [0.05, 0.1) is 0 Å². The SMILES string of the molecule is CCCCCC(C)C(C)C(C)CN. The van der Waals surface area contributed by atoms with E-state index >= 15 is 0 Å². The van der Waals surface area contributed by atoms with Gasteiger partial charge in [0.25, 0.3) is 0 Å². The van der Waals surface area contributed by atoms with Gasteiger partial charge in [0.1, 0.15) is 0 Å². The third-order valence-electron chi connectivity index (χ3n) is 3.43. The summed E-state index contributed by atoms with van der Waals surface area (Å²) in [6.45, 7) is 10.1. The molecular weight excluding hydrogens is 158 g/mol. The minimum Gasteiger partial charge on any atom is -0.330 e. The molecule has 0 bridgehead atoms. The summed E-state index contributed by atoms with van der Waals surface area (Å²) in [5, 5.41) is 0. The summed E-state index contributed by atoms with van der Waals surface area (Å²) in [5.41, 5.74) is 5.67. The smallest absolute Gasteiger partial charge is 0.00489 e. The molecule has 80 valence electrons. The molecule has 0 spiro atoms. The molecule has 0 aromatic rings. The standard InChI is InChI=1S/C12H27N/c1-5-6-7-8-10(2)12(4)11(3)9-13/h10-12H,5-9,13H2,1-4H3. The molecule has 0 aliphatic rings. The minimum atomic E-state index is 0.677. The summed E-state index contributed by atoms with van der Waals surface area (Å²) >= 11 is 0. The lowest BCUT2D eigenvalue weighted by Gasteiger charge is -2.25. The summed E-state index contributed by atoms with van der Waals surface area (Å²) < 4.78 is 0. The van der Waals surface area contributed by atoms with E-state index < -0.39 is 0 Å². The third kappa shape index (κ3) is 5.30. The van der Waals surface area contributed by atoms with E-state index in [1.807, 2.05) is 0 Å². The van der Waals surface area contributed by atoms with E-state index in [2.05, 4.69) is 27.7 Å². The Morgan fingerprint density at radius 1 is 1.00 bits per heavy atom. The predicted octanol–water partition coefficient (Wildman–Crippen LogP) is 3.43. The Kier molecular flexibility index (Phi) is 7.35. The highest BCUT2D eigenvalue weighted by atomic mass is 14.5. The van der Waals surface area contributed by atoms with Crippen molar-refractivity contribution in [3.63, 3.8) is 0 Å². The first-order valence-electron chi connectivity index (χ1n) is 5.83. The molecule has 0 saturated heterocycles. The van der Waals surface area contributed by atoms with Crippen molar-refractivity contribution in [2.24, 2.45) is 23.5 Å². The zero-order chi connectivity index (χ0) is 10.3. The molecule has 0 radical (unpaired) electrons. The second kappa shape index (κ2) is 7.37. The van der Waals surface area contributed by atoms with Crippen LogP contribution in [0.25, 0.3) is 0 Å². The van der Waals surface area contributed by atoms with Gasteiger partial charge in [-0.15, -0.1) is 0 Å². The van der Waals surface area contributed by atoms with Crippen molar-refractivity contribution < 1.29 is 0 Å². The average Bonchev–Trinajstić information content (AvgIpc) is 2.15. The molecule has 0 aliphatic carbocycles. The maximum absolute atomic E-state index is 5.67. The maximum Gasteiger partial charge on any atom is -0.00489 e. The first-order valence-corrected chi connectivity index (χ1v) is 5.83. The van der Waals surface area contributed by atoms with Crippen LogP contribution in [-0.4, -0.2) is 6.54 Å². The van der Waals surface area contributed by atoms with Crippen molar-refractivity contribution in [3.05, 3.63) is 0 Å². The van der Waals surface area contributed by atoms with E-state index in [-0.39, 0.29) is 0 Å². The van der Waals surface area contributed by atoms with E-state index in [0.717, 1.165) is 18.4 Å². The van der Waals surface area contributed by atoms with Crippen molar-refractivity contribution >= 4 is 0 Å². The molecule has 3 atom stereocenters. The fourth-order valence-electron chi connectivity index (χ4n) is 1.75. The summed E-state index contributed by atoms with van der Waals surface area (Å²) in [6, 6.07) is 0. The molecule has 1 heteroatoms. The Hall–Kier alpha value is -0.0400. The zero-order valence-corrected chi connectivity index (χ0v) is 9.84. The Bertz CT molecular complexity index is 112. The number of hydrogen-bond acceptors (Lipinski definition) is 1. The van der Waals surface area contributed by atoms with Crippen molar-refractivity contribution in [2.75, 3.05) is 6.54 Å². The molecule has 0 aliphatic heterocycles. The molecule has 0 aromatic heterocycles. The van der Waals surface area contributed by atoms with Crippen molar-refractivity contribution in [1.82, 2.24) is 0 Å². The van der Waals surface area contributed by atoms with Gasteiger partial charge in [-0.2, -0.15) is 0 Å². The van der Waals surface area contributed by atoms with Crippen LogP contribution in [0.3, 0.4) is 0 Å². The van der Waals surface area contributed by atoms with Crippen molar-refractivity contribution in [1.29, 1.82) is 0 Å². The van der Waals surface area contributed by atoms with E-state index in [0.29, 0.717) is 5.92 Å². The van der Waals surface area contributed by atoms with Gasteiger partial charge in [0.2, 0.25) is 0 Å². The molecule has 0 aromatic carbocycles. The Morgan fingerprint density at radius 2 is 1.62 bits per heavy atom. The molecule has 0 saturated carbocycles. The molecule has 3 unspecified atom stereocenters. The van der Waals surface area contributed by atoms with E-state index in [1.165, 1.54) is 25.7 Å². The molecule has 13 heavy (non-hydrogen) atoms. The normalized spacial score (nSPS) is 18.2. The Morgan fingerprint density at radius 3 is 2.08 bits per heavy atom. The molecule has 0 rings (SSSR count). The summed E-state index contributed by atoms with van der Waals surface area (Å²) in [5.74, 6) is 2.29. The van der Waals surface area contributed by atoms with E-state index in [1.54, 1.807) is 0 Å². The Labute approximate surface area is 84.1 Å². The lowest BCUT2D eigenvalue weighted by molar-refractivity contribution is 0.265. The van der Waals surface area contributed by atoms with Crippen LogP contribution in [0.15, 0.2) is 0 Å². The monoisotopic (exact) mass is 185 g/mol. The van der Waals surface area contributed by atoms with Crippen LogP contribution in [0.2, 0.25) is 0 Å². The van der Waals surface area contributed by atoms with Crippen LogP contribution >= 0.6 is 0 Å². The maximum atomic E-state index is 5.67. The zero-order valence-electron chi connectivity index (χ0n) is 9.84. The largest absolute Gasteiger partial charge is 0.330 e. The fraction of sp³-hybridized carbons (Fsp3) is 1.00. The van der Waals surface area contributed by atoms with Gasteiger partial charge in [-0.25, -0.2) is 0 Å². The molecule has 1 nitrogen and oxygen atoms in total. The van der Waals surface area contributed by atoms with Crippen molar-refractivity contribution in [2.45, 2.75) is 53.4 Å². The van der Waals surface area contributed by atoms with Gasteiger partial charge < -0.3 is 5.73 Å². The Balaban J connectivity index is 3.62. The predicted molar refractivity (Wildman–Crippen MR) is 60.7 cm³/mol. The molecule has 0 heterocycles. The highest BCUT2D eigenvalue weighted by Gasteiger charge is 2.17. The van der Waals surface area contributed by atoms with Crippen molar-refractivity contribution in [3.8, 4) is 0 Å². The second-order valence-electron chi connectivity index (χ2n) is 4.55. The van der Waals surface area contributed by atoms with Crippen LogP contribution in [0, 0.1) is 17.8 Å². The topological polar surface area (TPSA) is 26.0 Å². The summed E-state index contributed by atoms with van der Waals surface area (Å²) in [4.78, 5) is 0.